The first-order chi connectivity index (χ1) is 7.59. The second kappa shape index (κ2) is 4.67. The van der Waals surface area contributed by atoms with Gasteiger partial charge in [0.1, 0.15) is 5.60 Å². The predicted octanol–water partition coefficient (Wildman–Crippen LogP) is 3.65. The molecule has 0 radical (unpaired) electrons. The number of rotatable bonds is 0. The van der Waals surface area contributed by atoms with Crippen LogP contribution in [0.4, 0.5) is 0 Å². The van der Waals surface area contributed by atoms with E-state index in [0.717, 1.165) is 31.2 Å². The van der Waals surface area contributed by atoms with E-state index in [4.69, 9.17) is 23.2 Å². The van der Waals surface area contributed by atoms with Crippen molar-refractivity contribution < 1.29 is 5.11 Å². The van der Waals surface area contributed by atoms with Crippen LogP contribution in [0, 0.1) is 11.8 Å². The second-order valence-electron chi connectivity index (χ2n) is 4.12. The van der Waals surface area contributed by atoms with Crippen molar-refractivity contribution in [3.05, 3.63) is 33.8 Å². The Kier molecular flexibility index (Phi) is 3.44. The van der Waals surface area contributed by atoms with Gasteiger partial charge in [0.05, 0.1) is 10.0 Å². The van der Waals surface area contributed by atoms with Crippen LogP contribution in [0.1, 0.15) is 31.2 Å². The molecule has 0 amide bonds. The van der Waals surface area contributed by atoms with Gasteiger partial charge < -0.3 is 5.11 Å². The zero-order valence-electron chi connectivity index (χ0n) is 8.76. The van der Waals surface area contributed by atoms with Crippen molar-refractivity contribution in [1.82, 2.24) is 0 Å². The highest BCUT2D eigenvalue weighted by Crippen LogP contribution is 2.29. The predicted molar refractivity (Wildman–Crippen MR) is 66.8 cm³/mol. The summed E-state index contributed by atoms with van der Waals surface area (Å²) in [7, 11) is 0. The summed E-state index contributed by atoms with van der Waals surface area (Å²) in [6.45, 7) is 0. The minimum absolute atomic E-state index is 0.492. The fourth-order valence-electron chi connectivity index (χ4n) is 1.85. The number of benzene rings is 1. The van der Waals surface area contributed by atoms with Crippen molar-refractivity contribution in [2.45, 2.75) is 31.3 Å². The Bertz CT molecular complexity index is 451. The Morgan fingerprint density at radius 1 is 1.12 bits per heavy atom. The van der Waals surface area contributed by atoms with Crippen LogP contribution in [0.25, 0.3) is 0 Å². The lowest BCUT2D eigenvalue weighted by atomic mass is 10.0. The van der Waals surface area contributed by atoms with E-state index in [0.29, 0.717) is 10.0 Å². The third kappa shape index (κ3) is 2.71. The van der Waals surface area contributed by atoms with Crippen molar-refractivity contribution in [1.29, 1.82) is 0 Å². The van der Waals surface area contributed by atoms with Crippen LogP contribution in [-0.2, 0) is 0 Å². The molecule has 0 saturated heterocycles. The minimum Gasteiger partial charge on any atom is -0.378 e. The molecule has 1 aliphatic carbocycles. The topological polar surface area (TPSA) is 20.2 Å². The Labute approximate surface area is 105 Å². The summed E-state index contributed by atoms with van der Waals surface area (Å²) in [5.74, 6) is 5.88. The molecule has 0 atom stereocenters. The molecule has 3 heteroatoms. The van der Waals surface area contributed by atoms with Crippen LogP contribution >= 0.6 is 23.2 Å². The molecule has 1 nitrogen and oxygen atoms in total. The maximum absolute atomic E-state index is 10.0. The molecule has 1 fully saturated rings. The van der Waals surface area contributed by atoms with Gasteiger partial charge in [-0.25, -0.2) is 0 Å². The summed E-state index contributed by atoms with van der Waals surface area (Å²) in [6, 6.07) is 5.24. The van der Waals surface area contributed by atoms with Gasteiger partial charge >= 0.3 is 0 Å². The highest BCUT2D eigenvalue weighted by Gasteiger charge is 2.28. The average Bonchev–Trinajstić information content (AvgIpc) is 2.68. The zero-order valence-corrected chi connectivity index (χ0v) is 10.3. The summed E-state index contributed by atoms with van der Waals surface area (Å²) in [5, 5.41) is 11.1. The van der Waals surface area contributed by atoms with Gasteiger partial charge in [-0.15, -0.1) is 0 Å². The van der Waals surface area contributed by atoms with E-state index in [1.807, 2.05) is 0 Å². The van der Waals surface area contributed by atoms with Gasteiger partial charge in [0, 0.05) is 5.56 Å². The average molecular weight is 255 g/mol. The van der Waals surface area contributed by atoms with Crippen molar-refractivity contribution in [3.8, 4) is 11.8 Å². The van der Waals surface area contributed by atoms with Crippen molar-refractivity contribution >= 4 is 23.2 Å². The molecule has 0 spiro atoms. The molecule has 1 aliphatic rings. The molecular weight excluding hydrogens is 243 g/mol. The van der Waals surface area contributed by atoms with Crippen LogP contribution in [0.2, 0.25) is 10.0 Å². The molecule has 1 aromatic rings. The summed E-state index contributed by atoms with van der Waals surface area (Å²) < 4.78 is 0. The van der Waals surface area contributed by atoms with Crippen molar-refractivity contribution in [3.63, 3.8) is 0 Å². The third-order valence-electron chi connectivity index (χ3n) is 2.79. The number of halogens is 2. The van der Waals surface area contributed by atoms with Gasteiger partial charge in [0.15, 0.2) is 0 Å². The van der Waals surface area contributed by atoms with Gasteiger partial charge in [0.2, 0.25) is 0 Å². The number of aliphatic hydroxyl groups is 1. The zero-order chi connectivity index (χ0) is 11.6. The Hall–Kier alpha value is -0.680. The first-order valence-electron chi connectivity index (χ1n) is 5.30. The Morgan fingerprint density at radius 2 is 1.81 bits per heavy atom. The fraction of sp³-hybridized carbons (Fsp3) is 0.385. The van der Waals surface area contributed by atoms with Gasteiger partial charge in [-0.3, -0.25) is 0 Å². The molecular formula is C13H12Cl2O. The van der Waals surface area contributed by atoms with Crippen LogP contribution in [0.15, 0.2) is 18.2 Å². The van der Waals surface area contributed by atoms with Crippen LogP contribution in [0.5, 0.6) is 0 Å². The second-order valence-corrected chi connectivity index (χ2v) is 4.93. The maximum Gasteiger partial charge on any atom is 0.125 e. The van der Waals surface area contributed by atoms with E-state index in [1.54, 1.807) is 18.2 Å². The molecule has 0 aliphatic heterocycles. The van der Waals surface area contributed by atoms with Crippen molar-refractivity contribution in [2.75, 3.05) is 0 Å². The summed E-state index contributed by atoms with van der Waals surface area (Å²) in [5.41, 5.74) is -0.0127. The Morgan fingerprint density at radius 3 is 2.44 bits per heavy atom. The third-order valence-corrected chi connectivity index (χ3v) is 3.53. The van der Waals surface area contributed by atoms with Gasteiger partial charge in [0.25, 0.3) is 0 Å². The quantitative estimate of drug-likeness (QED) is 0.701. The standard InChI is InChI=1S/C13H12Cl2O/c14-11-4-3-10(9-12(11)15)5-8-13(16)6-1-2-7-13/h3-4,9,16H,1-2,6-7H2. The Balaban J connectivity index is 2.20. The lowest BCUT2D eigenvalue weighted by Gasteiger charge is -2.12. The van der Waals surface area contributed by atoms with E-state index in [2.05, 4.69) is 11.8 Å². The smallest absolute Gasteiger partial charge is 0.125 e. The molecule has 1 N–H and O–H groups in total. The van der Waals surface area contributed by atoms with Gasteiger partial charge in [-0.2, -0.15) is 0 Å². The van der Waals surface area contributed by atoms with Gasteiger partial charge in [-0.05, 0) is 43.9 Å². The number of hydrogen-bond donors (Lipinski definition) is 1. The van der Waals surface area contributed by atoms with E-state index < -0.39 is 5.60 Å². The highest BCUT2D eigenvalue weighted by atomic mass is 35.5. The first-order valence-corrected chi connectivity index (χ1v) is 6.05. The molecule has 2 rings (SSSR count). The molecule has 84 valence electrons. The van der Waals surface area contributed by atoms with Crippen LogP contribution in [-0.4, -0.2) is 10.7 Å². The molecule has 1 aromatic carbocycles. The summed E-state index contributed by atoms with van der Waals surface area (Å²) >= 11 is 11.7. The summed E-state index contributed by atoms with van der Waals surface area (Å²) in [4.78, 5) is 0. The molecule has 0 unspecified atom stereocenters. The fourth-order valence-corrected chi connectivity index (χ4v) is 2.15. The van der Waals surface area contributed by atoms with Crippen LogP contribution < -0.4 is 0 Å². The minimum atomic E-state index is -0.799. The van der Waals surface area contributed by atoms with Gasteiger partial charge in [-0.1, -0.05) is 35.0 Å². The summed E-state index contributed by atoms with van der Waals surface area (Å²) in [6.07, 6.45) is 3.63. The molecule has 1 saturated carbocycles. The first kappa shape index (κ1) is 11.8. The highest BCUT2D eigenvalue weighted by molar-refractivity contribution is 6.42. The molecule has 0 heterocycles. The monoisotopic (exact) mass is 254 g/mol. The molecule has 0 aromatic heterocycles. The normalized spacial score (nSPS) is 17.9. The van der Waals surface area contributed by atoms with E-state index in [1.165, 1.54) is 0 Å². The maximum atomic E-state index is 10.0. The molecule has 16 heavy (non-hydrogen) atoms. The van der Waals surface area contributed by atoms with E-state index >= 15 is 0 Å². The number of hydrogen-bond acceptors (Lipinski definition) is 1. The van der Waals surface area contributed by atoms with E-state index in [-0.39, 0.29) is 0 Å². The van der Waals surface area contributed by atoms with Crippen LogP contribution in [0.3, 0.4) is 0 Å². The lowest BCUT2D eigenvalue weighted by Crippen LogP contribution is -2.20. The van der Waals surface area contributed by atoms with E-state index in [9.17, 15) is 5.11 Å². The lowest BCUT2D eigenvalue weighted by molar-refractivity contribution is 0.110. The van der Waals surface area contributed by atoms with Crippen molar-refractivity contribution in [2.24, 2.45) is 0 Å². The SMILES string of the molecule is OC1(C#Cc2ccc(Cl)c(Cl)c2)CCCC1. The largest absolute Gasteiger partial charge is 0.378 e. The molecule has 0 bridgehead atoms.